The van der Waals surface area contributed by atoms with Gasteiger partial charge in [0.25, 0.3) is 6.43 Å². The molecule has 3 heterocycles. The summed E-state index contributed by atoms with van der Waals surface area (Å²) in [5.74, 6) is 0.473. The van der Waals surface area contributed by atoms with Crippen LogP contribution in [0.1, 0.15) is 55.8 Å². The van der Waals surface area contributed by atoms with E-state index < -0.39 is 6.43 Å². The molecule has 1 amide bonds. The number of alkyl carbamates (subject to hydrolysis) is 1. The molecule has 1 unspecified atom stereocenters. The minimum Gasteiger partial charge on any atom is -0.445 e. The molecule has 3 aliphatic heterocycles. The molecule has 4 aliphatic rings. The summed E-state index contributed by atoms with van der Waals surface area (Å²) < 4.78 is 32.1. The zero-order valence-corrected chi connectivity index (χ0v) is 18.6. The number of carbonyl (C=O) groups is 1. The Bertz CT molecular complexity index is 1010. The number of benzene rings is 2. The molecule has 0 radical (unpaired) electrons. The van der Waals surface area contributed by atoms with Crippen molar-refractivity contribution in [2.75, 3.05) is 19.6 Å². The number of carbonyl (C=O) groups excluding carboxylic acids is 1. The number of halogens is 2. The van der Waals surface area contributed by atoms with Crippen LogP contribution in [0.4, 0.5) is 13.6 Å². The van der Waals surface area contributed by atoms with Gasteiger partial charge in [-0.1, -0.05) is 50.2 Å². The van der Waals surface area contributed by atoms with Crippen LogP contribution in [0.15, 0.2) is 42.5 Å². The first-order chi connectivity index (χ1) is 15.3. The van der Waals surface area contributed by atoms with Gasteiger partial charge >= 0.3 is 6.09 Å². The third-order valence-corrected chi connectivity index (χ3v) is 7.47. The summed E-state index contributed by atoms with van der Waals surface area (Å²) in [7, 11) is 0. The van der Waals surface area contributed by atoms with Crippen molar-refractivity contribution < 1.29 is 18.3 Å². The Morgan fingerprint density at radius 3 is 2.56 bits per heavy atom. The van der Waals surface area contributed by atoms with Crippen LogP contribution in [0.3, 0.4) is 0 Å². The van der Waals surface area contributed by atoms with Crippen molar-refractivity contribution in [2.24, 2.45) is 11.3 Å². The Balaban J connectivity index is 1.33. The lowest BCUT2D eigenvalue weighted by Crippen LogP contribution is -2.53. The van der Waals surface area contributed by atoms with Crippen LogP contribution in [-0.2, 0) is 11.2 Å². The maximum Gasteiger partial charge on any atom is 0.407 e. The maximum atomic E-state index is 13.1. The van der Waals surface area contributed by atoms with Gasteiger partial charge in [0.1, 0.15) is 6.10 Å². The van der Waals surface area contributed by atoms with E-state index >= 15 is 0 Å². The summed E-state index contributed by atoms with van der Waals surface area (Å²) in [6, 6.07) is 12.4. The van der Waals surface area contributed by atoms with Crippen LogP contribution in [0, 0.1) is 11.3 Å². The minimum absolute atomic E-state index is 0.0222. The zero-order chi connectivity index (χ0) is 22.5. The molecule has 2 aromatic rings. The van der Waals surface area contributed by atoms with Gasteiger partial charge in [-0.3, -0.25) is 4.90 Å². The van der Waals surface area contributed by atoms with Gasteiger partial charge in [0.2, 0.25) is 0 Å². The molecular weight excluding hydrogens is 410 g/mol. The molecule has 3 saturated heterocycles. The number of rotatable bonds is 4. The average Bonchev–Trinajstić information content (AvgIpc) is 3.03. The van der Waals surface area contributed by atoms with Crippen molar-refractivity contribution in [3.63, 3.8) is 0 Å². The number of alkyl halides is 2. The number of nitrogens with zero attached hydrogens (tertiary/aromatic N) is 1. The molecule has 0 spiro atoms. The van der Waals surface area contributed by atoms with Crippen LogP contribution >= 0.6 is 0 Å². The fourth-order valence-electron chi connectivity index (χ4n) is 5.69. The highest BCUT2D eigenvalue weighted by Crippen LogP contribution is 2.46. The van der Waals surface area contributed by atoms with Crippen molar-refractivity contribution in [1.82, 2.24) is 10.2 Å². The van der Waals surface area contributed by atoms with Gasteiger partial charge in [-0.15, -0.1) is 0 Å². The molecule has 1 N–H and O–H groups in total. The molecular formula is C26H30F2N2O2. The molecule has 0 saturated carbocycles. The molecule has 2 bridgehead atoms. The highest BCUT2D eigenvalue weighted by atomic mass is 19.3. The lowest BCUT2D eigenvalue weighted by molar-refractivity contribution is -0.0348. The van der Waals surface area contributed by atoms with Crippen LogP contribution in [0.25, 0.3) is 11.1 Å². The van der Waals surface area contributed by atoms with E-state index in [1.807, 2.05) is 18.2 Å². The van der Waals surface area contributed by atoms with E-state index in [4.69, 9.17) is 4.74 Å². The number of nitrogens with one attached hydrogen (secondary N) is 1. The molecule has 170 valence electrons. The molecule has 3 fully saturated rings. The number of fused-ring (bicyclic) bond motifs is 4. The second-order valence-corrected chi connectivity index (χ2v) is 10.2. The predicted molar refractivity (Wildman–Crippen MR) is 120 cm³/mol. The quantitative estimate of drug-likeness (QED) is 0.660. The van der Waals surface area contributed by atoms with E-state index in [1.165, 1.54) is 6.07 Å². The Kier molecular flexibility index (Phi) is 5.44. The fourth-order valence-corrected chi connectivity index (χ4v) is 5.69. The third kappa shape index (κ3) is 4.01. The lowest BCUT2D eigenvalue weighted by atomic mass is 9.85. The molecule has 1 aliphatic carbocycles. The zero-order valence-electron chi connectivity index (χ0n) is 18.6. The van der Waals surface area contributed by atoms with E-state index in [9.17, 15) is 13.6 Å². The molecule has 2 aromatic carbocycles. The second-order valence-electron chi connectivity index (χ2n) is 10.2. The highest BCUT2D eigenvalue weighted by molar-refractivity contribution is 5.70. The first kappa shape index (κ1) is 21.4. The van der Waals surface area contributed by atoms with Crippen LogP contribution in [0.5, 0.6) is 0 Å². The van der Waals surface area contributed by atoms with Crippen molar-refractivity contribution >= 4 is 6.09 Å². The first-order valence-corrected chi connectivity index (χ1v) is 11.5. The summed E-state index contributed by atoms with van der Waals surface area (Å²) in [5.41, 5.74) is 3.77. The molecule has 6 heteroatoms. The normalized spacial score (nSPS) is 27.9. The fraction of sp³-hybridized carbons (Fsp3) is 0.500. The predicted octanol–water partition coefficient (Wildman–Crippen LogP) is 5.74. The lowest BCUT2D eigenvalue weighted by Gasteiger charge is -2.44. The van der Waals surface area contributed by atoms with Gasteiger partial charge in [-0.05, 0) is 72.0 Å². The van der Waals surface area contributed by atoms with Crippen molar-refractivity contribution in [3.05, 3.63) is 59.2 Å². The third-order valence-electron chi connectivity index (χ3n) is 7.47. The molecule has 4 nitrogen and oxygen atoms in total. The number of amides is 1. The average molecular weight is 441 g/mol. The number of ether oxygens (including phenoxy) is 1. The standard InChI is InChI=1S/C26H30F2N2O2/c1-26(2)14-20-13-18(17-4-3-5-19(12-17)24(27)28)6-7-21(20)23(26)29-25(31)32-22-15-30-10-8-16(22)9-11-30/h3-7,12-13,16,22-24H,8-11,14-15H2,1-2H3,(H,29,31)/t22-,23?/m0/s1. The van der Waals surface area contributed by atoms with Crippen LogP contribution in [0.2, 0.25) is 0 Å². The number of piperidine rings is 3. The van der Waals surface area contributed by atoms with E-state index in [-0.39, 0.29) is 29.2 Å². The monoisotopic (exact) mass is 440 g/mol. The van der Waals surface area contributed by atoms with Crippen molar-refractivity contribution in [1.29, 1.82) is 0 Å². The smallest absolute Gasteiger partial charge is 0.407 e. The summed E-state index contributed by atoms with van der Waals surface area (Å²) in [5, 5.41) is 3.14. The van der Waals surface area contributed by atoms with Crippen LogP contribution < -0.4 is 5.32 Å². The number of hydrogen-bond acceptors (Lipinski definition) is 3. The topological polar surface area (TPSA) is 41.6 Å². The highest BCUT2D eigenvalue weighted by Gasteiger charge is 2.42. The van der Waals surface area contributed by atoms with Crippen molar-refractivity contribution in [2.45, 2.75) is 51.7 Å². The van der Waals surface area contributed by atoms with E-state index in [1.54, 1.807) is 12.1 Å². The van der Waals surface area contributed by atoms with Gasteiger partial charge in [-0.25, -0.2) is 13.6 Å². The van der Waals surface area contributed by atoms with Gasteiger partial charge < -0.3 is 10.1 Å². The van der Waals surface area contributed by atoms with Crippen molar-refractivity contribution in [3.8, 4) is 11.1 Å². The largest absolute Gasteiger partial charge is 0.445 e. The van der Waals surface area contributed by atoms with E-state index in [0.717, 1.165) is 61.2 Å². The number of hydrogen-bond donors (Lipinski definition) is 1. The van der Waals surface area contributed by atoms with Crippen LogP contribution in [-0.4, -0.2) is 36.7 Å². The molecule has 2 atom stereocenters. The molecule has 0 aromatic heterocycles. The first-order valence-electron chi connectivity index (χ1n) is 11.5. The Morgan fingerprint density at radius 2 is 1.88 bits per heavy atom. The van der Waals surface area contributed by atoms with Gasteiger partial charge in [0, 0.05) is 12.1 Å². The van der Waals surface area contributed by atoms with Gasteiger partial charge in [-0.2, -0.15) is 0 Å². The summed E-state index contributed by atoms with van der Waals surface area (Å²) in [6.07, 6.45) is 0.153. The molecule has 32 heavy (non-hydrogen) atoms. The van der Waals surface area contributed by atoms with Gasteiger partial charge in [0.05, 0.1) is 6.04 Å². The Morgan fingerprint density at radius 1 is 1.12 bits per heavy atom. The SMILES string of the molecule is CC1(C)Cc2cc(-c3cccc(C(F)F)c3)ccc2C1NC(=O)O[C@H]1CN2CCC1CC2. The van der Waals surface area contributed by atoms with E-state index in [0.29, 0.717) is 5.92 Å². The second kappa shape index (κ2) is 8.14. The maximum absolute atomic E-state index is 13.1. The van der Waals surface area contributed by atoms with E-state index in [2.05, 4.69) is 30.1 Å². The Labute approximate surface area is 187 Å². The summed E-state index contributed by atoms with van der Waals surface area (Å²) in [4.78, 5) is 15.2. The summed E-state index contributed by atoms with van der Waals surface area (Å²) in [6.45, 7) is 7.34. The minimum atomic E-state index is -2.49. The molecule has 6 rings (SSSR count). The Hall–Kier alpha value is -2.47. The van der Waals surface area contributed by atoms with Gasteiger partial charge in [0.15, 0.2) is 0 Å². The summed E-state index contributed by atoms with van der Waals surface area (Å²) >= 11 is 0.